The van der Waals surface area contributed by atoms with Gasteiger partial charge in [0.1, 0.15) is 0 Å². The van der Waals surface area contributed by atoms with Crippen molar-refractivity contribution in [3.05, 3.63) is 17.5 Å². The van der Waals surface area contributed by atoms with E-state index in [1.54, 1.807) is 0 Å². The van der Waals surface area contributed by atoms with E-state index in [4.69, 9.17) is 0 Å². The Balaban J connectivity index is 1.84. The largest absolute Gasteiger partial charge is 0.310 e. The van der Waals surface area contributed by atoms with Crippen molar-refractivity contribution in [3.8, 4) is 0 Å². The number of nitrogens with one attached hydrogen (secondary N) is 1. The Kier molecular flexibility index (Phi) is 5.57. The topological polar surface area (TPSA) is 36.3 Å². The highest BCUT2D eigenvalue weighted by Crippen LogP contribution is 2.07. The molecule has 0 aliphatic carbocycles. The summed E-state index contributed by atoms with van der Waals surface area (Å²) in [6, 6.07) is 2.84. The normalized spacial score (nSPS) is 21.5. The minimum Gasteiger partial charge on any atom is -0.310 e. The van der Waals surface area contributed by atoms with Crippen molar-refractivity contribution in [2.75, 3.05) is 40.3 Å². The molecule has 0 radical (unpaired) electrons. The molecule has 1 aliphatic rings. The standard InChI is InChI=1S/C15H29N5/c1-5-13-9-14(20(6-2)17-13)10-16-11-15-12-18(3)7-8-19(15)4/h9,15-16H,5-8,10-12H2,1-4H3. The first-order valence-electron chi connectivity index (χ1n) is 7.79. The second kappa shape index (κ2) is 7.20. The summed E-state index contributed by atoms with van der Waals surface area (Å²) in [4.78, 5) is 4.87. The van der Waals surface area contributed by atoms with Gasteiger partial charge >= 0.3 is 0 Å². The average Bonchev–Trinajstić information content (AvgIpc) is 2.85. The second-order valence-corrected chi connectivity index (χ2v) is 5.82. The molecule has 114 valence electrons. The lowest BCUT2D eigenvalue weighted by molar-refractivity contribution is 0.113. The van der Waals surface area contributed by atoms with Crippen LogP contribution in [0.4, 0.5) is 0 Å². The predicted molar refractivity (Wildman–Crippen MR) is 82.9 cm³/mol. The van der Waals surface area contributed by atoms with E-state index in [1.165, 1.54) is 17.9 Å². The number of hydrogen-bond donors (Lipinski definition) is 1. The number of aryl methyl sites for hydroxylation is 2. The van der Waals surface area contributed by atoms with E-state index in [2.05, 4.69) is 58.9 Å². The minimum atomic E-state index is 0.609. The lowest BCUT2D eigenvalue weighted by atomic mass is 10.2. The Morgan fingerprint density at radius 1 is 1.30 bits per heavy atom. The molecule has 1 atom stereocenters. The van der Waals surface area contributed by atoms with Crippen molar-refractivity contribution in [3.63, 3.8) is 0 Å². The van der Waals surface area contributed by atoms with Gasteiger partial charge < -0.3 is 10.2 Å². The van der Waals surface area contributed by atoms with E-state index in [-0.39, 0.29) is 0 Å². The molecular formula is C15H29N5. The summed E-state index contributed by atoms with van der Waals surface area (Å²) in [5.74, 6) is 0. The van der Waals surface area contributed by atoms with Gasteiger partial charge in [0, 0.05) is 45.3 Å². The van der Waals surface area contributed by atoms with Crippen LogP contribution >= 0.6 is 0 Å². The fourth-order valence-corrected chi connectivity index (χ4v) is 2.79. The molecule has 0 aromatic carbocycles. The Morgan fingerprint density at radius 2 is 2.10 bits per heavy atom. The Labute approximate surface area is 122 Å². The lowest BCUT2D eigenvalue weighted by Gasteiger charge is -2.37. The van der Waals surface area contributed by atoms with Crippen molar-refractivity contribution >= 4 is 0 Å². The van der Waals surface area contributed by atoms with Crippen molar-refractivity contribution in [2.45, 2.75) is 39.4 Å². The molecule has 5 heteroatoms. The third-order valence-corrected chi connectivity index (χ3v) is 4.24. The highest BCUT2D eigenvalue weighted by Gasteiger charge is 2.21. The number of rotatable bonds is 6. The maximum Gasteiger partial charge on any atom is 0.0625 e. The summed E-state index contributed by atoms with van der Waals surface area (Å²) in [5, 5.41) is 8.20. The molecule has 0 spiro atoms. The van der Waals surface area contributed by atoms with Crippen molar-refractivity contribution in [1.29, 1.82) is 0 Å². The molecule has 1 aromatic heterocycles. The molecule has 2 heterocycles. The zero-order chi connectivity index (χ0) is 14.5. The van der Waals surface area contributed by atoms with Crippen molar-refractivity contribution < 1.29 is 0 Å². The molecular weight excluding hydrogens is 250 g/mol. The molecule has 0 bridgehead atoms. The summed E-state index contributed by atoms with van der Waals surface area (Å²) in [6.45, 7) is 10.7. The zero-order valence-electron chi connectivity index (χ0n) is 13.4. The number of aromatic nitrogens is 2. The lowest BCUT2D eigenvalue weighted by Crippen LogP contribution is -2.53. The Hall–Kier alpha value is -0.910. The van der Waals surface area contributed by atoms with E-state index < -0.39 is 0 Å². The molecule has 5 nitrogen and oxygen atoms in total. The van der Waals surface area contributed by atoms with Crippen LogP contribution in [0.1, 0.15) is 25.2 Å². The van der Waals surface area contributed by atoms with Crippen molar-refractivity contribution in [1.82, 2.24) is 24.9 Å². The fourth-order valence-electron chi connectivity index (χ4n) is 2.79. The van der Waals surface area contributed by atoms with E-state index in [0.717, 1.165) is 39.1 Å². The van der Waals surface area contributed by atoms with E-state index in [0.29, 0.717) is 6.04 Å². The van der Waals surface area contributed by atoms with E-state index >= 15 is 0 Å². The van der Waals surface area contributed by atoms with Gasteiger partial charge in [0.05, 0.1) is 11.4 Å². The van der Waals surface area contributed by atoms with Gasteiger partial charge in [0.25, 0.3) is 0 Å². The first kappa shape index (κ1) is 15.5. The van der Waals surface area contributed by atoms with Crippen LogP contribution in [0.15, 0.2) is 6.07 Å². The van der Waals surface area contributed by atoms with Gasteiger partial charge in [-0.3, -0.25) is 9.58 Å². The van der Waals surface area contributed by atoms with Gasteiger partial charge in [0.15, 0.2) is 0 Å². The van der Waals surface area contributed by atoms with Crippen LogP contribution in [0.25, 0.3) is 0 Å². The summed E-state index contributed by atoms with van der Waals surface area (Å²) >= 11 is 0. The van der Waals surface area contributed by atoms with Crippen LogP contribution < -0.4 is 5.32 Å². The van der Waals surface area contributed by atoms with Crippen molar-refractivity contribution in [2.24, 2.45) is 0 Å². The van der Waals surface area contributed by atoms with Gasteiger partial charge in [-0.25, -0.2) is 0 Å². The molecule has 1 N–H and O–H groups in total. The Morgan fingerprint density at radius 3 is 2.80 bits per heavy atom. The summed E-state index contributed by atoms with van der Waals surface area (Å²) in [5.41, 5.74) is 2.49. The maximum atomic E-state index is 4.60. The molecule has 1 aliphatic heterocycles. The van der Waals surface area contributed by atoms with Gasteiger partial charge in [-0.2, -0.15) is 5.10 Å². The van der Waals surface area contributed by atoms with Crippen LogP contribution in [0.2, 0.25) is 0 Å². The van der Waals surface area contributed by atoms with Gasteiger partial charge in [-0.15, -0.1) is 0 Å². The Bertz CT molecular complexity index is 414. The number of piperazine rings is 1. The van der Waals surface area contributed by atoms with Crippen LogP contribution in [-0.2, 0) is 19.5 Å². The smallest absolute Gasteiger partial charge is 0.0625 e. The molecule has 1 saturated heterocycles. The third kappa shape index (κ3) is 3.81. The van der Waals surface area contributed by atoms with Gasteiger partial charge in [-0.05, 0) is 33.5 Å². The molecule has 1 aromatic rings. The van der Waals surface area contributed by atoms with Crippen LogP contribution in [-0.4, -0.2) is 65.9 Å². The number of likely N-dealkylation sites (N-methyl/N-ethyl adjacent to an activating group) is 2. The van der Waals surface area contributed by atoms with Gasteiger partial charge in [-0.1, -0.05) is 6.92 Å². The number of nitrogens with zero attached hydrogens (tertiary/aromatic N) is 4. The minimum absolute atomic E-state index is 0.609. The average molecular weight is 279 g/mol. The first-order chi connectivity index (χ1) is 9.63. The first-order valence-corrected chi connectivity index (χ1v) is 7.79. The fraction of sp³-hybridized carbons (Fsp3) is 0.800. The van der Waals surface area contributed by atoms with Crippen LogP contribution in [0.3, 0.4) is 0 Å². The maximum absolute atomic E-state index is 4.60. The highest BCUT2D eigenvalue weighted by atomic mass is 15.3. The SMILES string of the molecule is CCc1cc(CNCC2CN(C)CCN2C)n(CC)n1. The molecule has 0 saturated carbocycles. The molecule has 2 rings (SSSR count). The second-order valence-electron chi connectivity index (χ2n) is 5.82. The summed E-state index contributed by atoms with van der Waals surface area (Å²) in [7, 11) is 4.44. The summed E-state index contributed by atoms with van der Waals surface area (Å²) < 4.78 is 2.11. The van der Waals surface area contributed by atoms with Crippen LogP contribution in [0.5, 0.6) is 0 Å². The molecule has 1 fully saturated rings. The van der Waals surface area contributed by atoms with E-state index in [1.807, 2.05) is 0 Å². The van der Waals surface area contributed by atoms with Crippen LogP contribution in [0, 0.1) is 0 Å². The van der Waals surface area contributed by atoms with Gasteiger partial charge in [0.2, 0.25) is 0 Å². The predicted octanol–water partition coefficient (Wildman–Crippen LogP) is 0.801. The number of hydrogen-bond acceptors (Lipinski definition) is 4. The monoisotopic (exact) mass is 279 g/mol. The highest BCUT2D eigenvalue weighted by molar-refractivity contribution is 5.10. The van der Waals surface area contributed by atoms with E-state index in [9.17, 15) is 0 Å². The molecule has 1 unspecified atom stereocenters. The molecule has 0 amide bonds. The molecule has 20 heavy (non-hydrogen) atoms. The quantitative estimate of drug-likeness (QED) is 0.836. The zero-order valence-corrected chi connectivity index (χ0v) is 13.4. The summed E-state index contributed by atoms with van der Waals surface area (Å²) in [6.07, 6.45) is 1.01. The third-order valence-electron chi connectivity index (χ3n) is 4.24.